The molecule has 0 bridgehead atoms. The second-order valence-corrected chi connectivity index (χ2v) is 6.83. The van der Waals surface area contributed by atoms with Crippen LogP contribution in [-0.2, 0) is 16.5 Å². The van der Waals surface area contributed by atoms with Crippen LogP contribution in [0.1, 0.15) is 24.5 Å². The lowest BCUT2D eigenvalue weighted by molar-refractivity contribution is 0.328. The van der Waals surface area contributed by atoms with Gasteiger partial charge in [0.05, 0.1) is 11.5 Å². The number of rotatable bonds is 5. The fourth-order valence-corrected chi connectivity index (χ4v) is 3.67. The van der Waals surface area contributed by atoms with Crippen molar-refractivity contribution >= 4 is 16.2 Å². The molecule has 4 nitrogen and oxygen atoms in total. The highest BCUT2D eigenvalue weighted by Gasteiger charge is 2.24. The Morgan fingerprint density at radius 1 is 0.957 bits per heavy atom. The number of ether oxygens (including phenoxy) is 1. The summed E-state index contributed by atoms with van der Waals surface area (Å²) in [6, 6.07) is 14.6. The van der Waals surface area contributed by atoms with Crippen LogP contribution in [0.15, 0.2) is 53.4 Å². The fraction of sp³-hybridized carbons (Fsp3) is 0.222. The molecule has 0 aliphatic heterocycles. The molecule has 0 heterocycles. The normalized spacial score (nSPS) is 13.9. The predicted molar refractivity (Wildman–Crippen MR) is 89.9 cm³/mol. The molecule has 120 valence electrons. The standard InChI is InChI=1S/C18H18O4S/c1-2-21-17-9-5-6-10-18(17)22-23(19,20)16-12-11-14-7-3-4-8-15(14)13-16/h3-10,13H,2,11-12H2,1H3. The molecule has 1 aliphatic carbocycles. The molecule has 2 aromatic carbocycles. The maximum atomic E-state index is 12.6. The molecule has 23 heavy (non-hydrogen) atoms. The monoisotopic (exact) mass is 330 g/mol. The van der Waals surface area contributed by atoms with Crippen LogP contribution in [0.2, 0.25) is 0 Å². The number of fused-ring (bicyclic) bond motifs is 1. The molecular formula is C18H18O4S. The van der Waals surface area contributed by atoms with Crippen LogP contribution in [0.3, 0.4) is 0 Å². The van der Waals surface area contributed by atoms with Crippen LogP contribution in [0.5, 0.6) is 11.5 Å². The molecule has 0 unspecified atom stereocenters. The van der Waals surface area contributed by atoms with Gasteiger partial charge in [0, 0.05) is 0 Å². The van der Waals surface area contributed by atoms with Gasteiger partial charge >= 0.3 is 10.1 Å². The second-order valence-electron chi connectivity index (χ2n) is 5.23. The van der Waals surface area contributed by atoms with Gasteiger partial charge in [0.1, 0.15) is 0 Å². The summed E-state index contributed by atoms with van der Waals surface area (Å²) in [6.07, 6.45) is 2.82. The van der Waals surface area contributed by atoms with Crippen LogP contribution in [-0.4, -0.2) is 15.0 Å². The van der Waals surface area contributed by atoms with Crippen molar-refractivity contribution in [1.82, 2.24) is 0 Å². The maximum absolute atomic E-state index is 12.6. The summed E-state index contributed by atoms with van der Waals surface area (Å²) in [5.74, 6) is 0.643. The minimum Gasteiger partial charge on any atom is -0.490 e. The molecule has 2 aromatic rings. The van der Waals surface area contributed by atoms with Gasteiger partial charge in [0.25, 0.3) is 0 Å². The summed E-state index contributed by atoms with van der Waals surface area (Å²) in [5.41, 5.74) is 2.08. The SMILES string of the molecule is CCOc1ccccc1OS(=O)(=O)C1=Cc2ccccc2CC1. The van der Waals surface area contributed by atoms with Gasteiger partial charge in [-0.15, -0.1) is 0 Å². The Morgan fingerprint density at radius 3 is 2.43 bits per heavy atom. The summed E-state index contributed by atoms with van der Waals surface area (Å²) in [5, 5.41) is 0. The van der Waals surface area contributed by atoms with E-state index < -0.39 is 10.1 Å². The van der Waals surface area contributed by atoms with Gasteiger partial charge in [-0.2, -0.15) is 8.42 Å². The third-order valence-corrected chi connectivity index (χ3v) is 5.05. The Morgan fingerprint density at radius 2 is 1.65 bits per heavy atom. The molecule has 0 atom stereocenters. The van der Waals surface area contributed by atoms with Gasteiger partial charge in [-0.25, -0.2) is 0 Å². The molecule has 0 amide bonds. The average molecular weight is 330 g/mol. The third-order valence-electron chi connectivity index (χ3n) is 3.68. The molecule has 1 aliphatic rings. The Bertz CT molecular complexity index is 838. The van der Waals surface area contributed by atoms with Crippen molar-refractivity contribution in [3.05, 3.63) is 64.6 Å². The Balaban J connectivity index is 1.90. The molecule has 0 saturated heterocycles. The third kappa shape index (κ3) is 3.40. The topological polar surface area (TPSA) is 52.6 Å². The number of aryl methyl sites for hydroxylation is 1. The second kappa shape index (κ2) is 6.46. The Hall–Kier alpha value is -2.27. The van der Waals surface area contributed by atoms with Crippen LogP contribution in [0.4, 0.5) is 0 Å². The quantitative estimate of drug-likeness (QED) is 0.783. The van der Waals surface area contributed by atoms with Crippen LogP contribution in [0.25, 0.3) is 6.08 Å². The highest BCUT2D eigenvalue weighted by Crippen LogP contribution is 2.32. The van der Waals surface area contributed by atoms with E-state index in [1.54, 1.807) is 30.3 Å². The van der Waals surface area contributed by atoms with Crippen molar-refractivity contribution in [3.63, 3.8) is 0 Å². The van der Waals surface area contributed by atoms with Gasteiger partial charge in [-0.3, -0.25) is 0 Å². The first-order chi connectivity index (χ1) is 11.1. The summed E-state index contributed by atoms with van der Waals surface area (Å²) >= 11 is 0. The lowest BCUT2D eigenvalue weighted by Gasteiger charge is -2.17. The van der Waals surface area contributed by atoms with Crippen molar-refractivity contribution in [1.29, 1.82) is 0 Å². The van der Waals surface area contributed by atoms with Crippen LogP contribution in [0, 0.1) is 0 Å². The number of para-hydroxylation sites is 2. The van der Waals surface area contributed by atoms with E-state index in [9.17, 15) is 8.42 Å². The Labute approximate surface area is 136 Å². The molecule has 0 saturated carbocycles. The van der Waals surface area contributed by atoms with E-state index in [-0.39, 0.29) is 5.75 Å². The zero-order valence-corrected chi connectivity index (χ0v) is 13.7. The number of benzene rings is 2. The van der Waals surface area contributed by atoms with E-state index in [2.05, 4.69) is 0 Å². The zero-order valence-electron chi connectivity index (χ0n) is 12.9. The lowest BCUT2D eigenvalue weighted by atomic mass is 9.98. The van der Waals surface area contributed by atoms with Crippen molar-refractivity contribution in [2.45, 2.75) is 19.8 Å². The van der Waals surface area contributed by atoms with E-state index >= 15 is 0 Å². The molecule has 5 heteroatoms. The van der Waals surface area contributed by atoms with Gasteiger partial charge in [0.2, 0.25) is 0 Å². The summed E-state index contributed by atoms with van der Waals surface area (Å²) < 4.78 is 35.9. The summed E-state index contributed by atoms with van der Waals surface area (Å²) in [7, 11) is -3.84. The molecule has 3 rings (SSSR count). The first kappa shape index (κ1) is 15.6. The van der Waals surface area contributed by atoms with Gasteiger partial charge in [0.15, 0.2) is 11.5 Å². The number of allylic oxidation sites excluding steroid dienone is 1. The van der Waals surface area contributed by atoms with Crippen molar-refractivity contribution < 1.29 is 17.3 Å². The van der Waals surface area contributed by atoms with Crippen LogP contribution < -0.4 is 8.92 Å². The van der Waals surface area contributed by atoms with Crippen molar-refractivity contribution in [2.75, 3.05) is 6.61 Å². The Kier molecular flexibility index (Phi) is 4.39. The number of hydrogen-bond acceptors (Lipinski definition) is 4. The van der Waals surface area contributed by atoms with Crippen molar-refractivity contribution in [2.24, 2.45) is 0 Å². The first-order valence-electron chi connectivity index (χ1n) is 7.55. The van der Waals surface area contributed by atoms with Gasteiger partial charge < -0.3 is 8.92 Å². The van der Waals surface area contributed by atoms with E-state index in [4.69, 9.17) is 8.92 Å². The van der Waals surface area contributed by atoms with E-state index in [0.29, 0.717) is 30.1 Å². The fourth-order valence-electron chi connectivity index (χ4n) is 2.57. The van der Waals surface area contributed by atoms with E-state index in [0.717, 1.165) is 11.1 Å². The first-order valence-corrected chi connectivity index (χ1v) is 8.96. The molecule has 0 radical (unpaired) electrons. The highest BCUT2D eigenvalue weighted by atomic mass is 32.2. The molecular weight excluding hydrogens is 312 g/mol. The molecule has 0 spiro atoms. The molecule has 0 N–H and O–H groups in total. The van der Waals surface area contributed by atoms with Crippen LogP contribution >= 0.6 is 0 Å². The van der Waals surface area contributed by atoms with E-state index in [1.165, 1.54) is 0 Å². The highest BCUT2D eigenvalue weighted by molar-refractivity contribution is 7.91. The molecule has 0 fully saturated rings. The smallest absolute Gasteiger partial charge is 0.335 e. The van der Waals surface area contributed by atoms with Crippen molar-refractivity contribution in [3.8, 4) is 11.5 Å². The van der Waals surface area contributed by atoms with E-state index in [1.807, 2.05) is 31.2 Å². The van der Waals surface area contributed by atoms with Gasteiger partial charge in [-0.1, -0.05) is 36.4 Å². The average Bonchev–Trinajstić information content (AvgIpc) is 2.56. The minimum absolute atomic E-state index is 0.217. The summed E-state index contributed by atoms with van der Waals surface area (Å²) in [6.45, 7) is 2.28. The maximum Gasteiger partial charge on any atom is 0.335 e. The predicted octanol–water partition coefficient (Wildman–Crippen LogP) is 3.78. The minimum atomic E-state index is -3.84. The zero-order chi connectivity index (χ0) is 16.3. The number of hydrogen-bond donors (Lipinski definition) is 0. The molecule has 0 aromatic heterocycles. The summed E-state index contributed by atoms with van der Waals surface area (Å²) in [4.78, 5) is 0.294. The van der Waals surface area contributed by atoms with Gasteiger partial charge in [-0.05, 0) is 49.1 Å². The largest absolute Gasteiger partial charge is 0.490 e. The lowest BCUT2D eigenvalue weighted by Crippen LogP contribution is -2.15.